The van der Waals surface area contributed by atoms with Crippen molar-refractivity contribution >= 4 is 56.0 Å². The molecule has 0 atom stereocenters. The Morgan fingerprint density at radius 1 is 1.16 bits per heavy atom. The number of rotatable bonds is 9. The zero-order valence-corrected chi connectivity index (χ0v) is 21.2. The molecule has 0 radical (unpaired) electrons. The van der Waals surface area contributed by atoms with E-state index in [1.165, 1.54) is 11.3 Å². The molecule has 31 heavy (non-hydrogen) atoms. The summed E-state index contributed by atoms with van der Waals surface area (Å²) in [5, 5.41) is 1.88. The smallest absolute Gasteiger partial charge is 0.260 e. The van der Waals surface area contributed by atoms with Crippen molar-refractivity contribution in [1.29, 1.82) is 0 Å². The minimum Gasteiger partial charge on any atom is -0.302 e. The SMILES string of the molecule is CCN(CC)CCN(C(=O)c1cccc(SC(C)C)c1)c1nc2c(C)cc(Cl)cc2s1. The van der Waals surface area contributed by atoms with Crippen molar-refractivity contribution in [3.8, 4) is 0 Å². The fourth-order valence-electron chi connectivity index (χ4n) is 3.45. The summed E-state index contributed by atoms with van der Waals surface area (Å²) in [5.41, 5.74) is 2.63. The second kappa shape index (κ2) is 10.8. The van der Waals surface area contributed by atoms with Crippen molar-refractivity contribution in [2.24, 2.45) is 0 Å². The molecule has 0 aliphatic rings. The van der Waals surface area contributed by atoms with Gasteiger partial charge < -0.3 is 4.90 Å². The van der Waals surface area contributed by atoms with Gasteiger partial charge in [0.2, 0.25) is 0 Å². The van der Waals surface area contributed by atoms with Gasteiger partial charge in [0.25, 0.3) is 5.91 Å². The van der Waals surface area contributed by atoms with Crippen LogP contribution in [0.15, 0.2) is 41.3 Å². The maximum Gasteiger partial charge on any atom is 0.260 e. The molecule has 3 aromatic rings. The Labute approximate surface area is 198 Å². The molecule has 0 unspecified atom stereocenters. The Kier molecular flexibility index (Phi) is 8.39. The van der Waals surface area contributed by atoms with Crippen molar-refractivity contribution in [3.63, 3.8) is 0 Å². The molecule has 0 aliphatic heterocycles. The molecule has 1 aromatic heterocycles. The molecule has 0 bridgehead atoms. The summed E-state index contributed by atoms with van der Waals surface area (Å²) in [7, 11) is 0. The van der Waals surface area contributed by atoms with Crippen LogP contribution in [-0.4, -0.2) is 47.2 Å². The highest BCUT2D eigenvalue weighted by atomic mass is 35.5. The van der Waals surface area contributed by atoms with E-state index in [1.54, 1.807) is 11.8 Å². The number of thioether (sulfide) groups is 1. The minimum atomic E-state index is -0.0128. The first-order valence-electron chi connectivity index (χ1n) is 10.7. The maximum atomic E-state index is 13.6. The predicted molar refractivity (Wildman–Crippen MR) is 136 cm³/mol. The van der Waals surface area contributed by atoms with Gasteiger partial charge in [-0.05, 0) is 55.9 Å². The number of hydrogen-bond acceptors (Lipinski definition) is 5. The first-order valence-corrected chi connectivity index (χ1v) is 12.8. The van der Waals surface area contributed by atoms with Crippen molar-refractivity contribution in [3.05, 3.63) is 52.5 Å². The van der Waals surface area contributed by atoms with Crippen LogP contribution in [0.25, 0.3) is 10.2 Å². The summed E-state index contributed by atoms with van der Waals surface area (Å²) >= 11 is 9.55. The van der Waals surface area contributed by atoms with Crippen molar-refractivity contribution in [2.45, 2.75) is 44.8 Å². The topological polar surface area (TPSA) is 36.4 Å². The van der Waals surface area contributed by atoms with Gasteiger partial charge in [-0.2, -0.15) is 0 Å². The number of likely N-dealkylation sites (N-methyl/N-ethyl adjacent to an activating group) is 1. The number of halogens is 1. The van der Waals surface area contributed by atoms with Crippen molar-refractivity contribution in [2.75, 3.05) is 31.1 Å². The minimum absolute atomic E-state index is 0.0128. The molecule has 166 valence electrons. The molecule has 0 aliphatic carbocycles. The molecular formula is C24H30ClN3OS2. The zero-order valence-electron chi connectivity index (χ0n) is 18.8. The van der Waals surface area contributed by atoms with Gasteiger partial charge in [0.1, 0.15) is 0 Å². The van der Waals surface area contributed by atoms with E-state index in [1.807, 2.05) is 42.2 Å². The third kappa shape index (κ3) is 6.01. The Morgan fingerprint density at radius 3 is 2.58 bits per heavy atom. The van der Waals surface area contributed by atoms with Crippen molar-refractivity contribution < 1.29 is 4.79 Å². The number of aromatic nitrogens is 1. The summed E-state index contributed by atoms with van der Waals surface area (Å²) in [5.74, 6) is -0.0128. The van der Waals surface area contributed by atoms with Crippen LogP contribution < -0.4 is 4.90 Å². The number of nitrogens with zero attached hydrogens (tertiary/aromatic N) is 3. The lowest BCUT2D eigenvalue weighted by Gasteiger charge is -2.25. The van der Waals surface area contributed by atoms with E-state index >= 15 is 0 Å². The van der Waals surface area contributed by atoms with Crippen LogP contribution in [0.1, 0.15) is 43.6 Å². The van der Waals surface area contributed by atoms with Gasteiger partial charge in [-0.1, -0.05) is 56.7 Å². The quantitative estimate of drug-likeness (QED) is 0.321. The highest BCUT2D eigenvalue weighted by molar-refractivity contribution is 7.99. The van der Waals surface area contributed by atoms with Crippen LogP contribution in [0.5, 0.6) is 0 Å². The average Bonchev–Trinajstić information content (AvgIpc) is 3.14. The van der Waals surface area contributed by atoms with Gasteiger partial charge in [0, 0.05) is 33.8 Å². The summed E-state index contributed by atoms with van der Waals surface area (Å²) in [6.07, 6.45) is 0. The van der Waals surface area contributed by atoms with Gasteiger partial charge in [-0.3, -0.25) is 9.69 Å². The molecule has 0 saturated carbocycles. The largest absolute Gasteiger partial charge is 0.302 e. The Bertz CT molecular complexity index is 1050. The highest BCUT2D eigenvalue weighted by Crippen LogP contribution is 2.34. The number of hydrogen-bond donors (Lipinski definition) is 0. The van der Waals surface area contributed by atoms with Gasteiger partial charge >= 0.3 is 0 Å². The van der Waals surface area contributed by atoms with E-state index in [0.29, 0.717) is 22.4 Å². The van der Waals surface area contributed by atoms with E-state index in [-0.39, 0.29) is 5.91 Å². The standard InChI is InChI=1S/C24H30ClN3OS2/c1-6-27(7-2)11-12-28(23(29)18-9-8-10-20(14-18)30-16(3)4)24-26-22-17(5)13-19(25)15-21(22)31-24/h8-10,13-16H,6-7,11-12H2,1-5H3. The number of benzene rings is 2. The van der Waals surface area contributed by atoms with Gasteiger partial charge in [0.05, 0.1) is 10.2 Å². The zero-order chi connectivity index (χ0) is 22.5. The lowest BCUT2D eigenvalue weighted by atomic mass is 10.2. The summed E-state index contributed by atoms with van der Waals surface area (Å²) in [6, 6.07) is 11.8. The molecule has 4 nitrogen and oxygen atoms in total. The molecule has 2 aromatic carbocycles. The van der Waals surface area contributed by atoms with E-state index in [9.17, 15) is 4.79 Å². The third-order valence-electron chi connectivity index (χ3n) is 5.10. The number of carbonyl (C=O) groups is 1. The number of carbonyl (C=O) groups excluding carboxylic acids is 1. The molecule has 0 fully saturated rings. The number of anilines is 1. The number of thiazole rings is 1. The third-order valence-corrected chi connectivity index (χ3v) is 7.34. The molecule has 0 N–H and O–H groups in total. The molecule has 3 rings (SSSR count). The normalized spacial score (nSPS) is 11.6. The fourth-order valence-corrected chi connectivity index (χ4v) is 5.80. The number of amides is 1. The van der Waals surface area contributed by atoms with Crippen LogP contribution in [-0.2, 0) is 0 Å². The van der Waals surface area contributed by atoms with Crippen molar-refractivity contribution in [1.82, 2.24) is 9.88 Å². The number of fused-ring (bicyclic) bond motifs is 1. The first kappa shape index (κ1) is 24.1. The van der Waals surface area contributed by atoms with Gasteiger partial charge in [-0.25, -0.2) is 4.98 Å². The lowest BCUT2D eigenvalue weighted by molar-refractivity contribution is 0.0983. The first-order chi connectivity index (χ1) is 14.8. The van der Waals surface area contributed by atoms with Crippen LogP contribution in [0, 0.1) is 6.92 Å². The van der Waals surface area contributed by atoms with E-state index in [4.69, 9.17) is 16.6 Å². The average molecular weight is 476 g/mol. The monoisotopic (exact) mass is 475 g/mol. The Balaban J connectivity index is 1.98. The molecule has 1 heterocycles. The Morgan fingerprint density at radius 2 is 1.90 bits per heavy atom. The van der Waals surface area contributed by atoms with Gasteiger partial charge in [-0.15, -0.1) is 11.8 Å². The summed E-state index contributed by atoms with van der Waals surface area (Å²) < 4.78 is 1.00. The molecular weight excluding hydrogens is 446 g/mol. The molecule has 1 amide bonds. The summed E-state index contributed by atoms with van der Waals surface area (Å²) in [6.45, 7) is 13.9. The molecule has 0 saturated heterocycles. The van der Waals surface area contributed by atoms with E-state index in [2.05, 4.69) is 38.7 Å². The predicted octanol–water partition coefficient (Wildman–Crippen LogP) is 6.75. The van der Waals surface area contributed by atoms with Crippen LogP contribution >= 0.6 is 34.7 Å². The highest BCUT2D eigenvalue weighted by Gasteiger charge is 2.23. The fraction of sp³-hybridized carbons (Fsp3) is 0.417. The Hall–Kier alpha value is -1.60. The van der Waals surface area contributed by atoms with Crippen LogP contribution in [0.4, 0.5) is 5.13 Å². The number of aryl methyl sites for hydroxylation is 1. The second-order valence-corrected chi connectivity index (χ2v) is 10.8. The lowest BCUT2D eigenvalue weighted by Crippen LogP contribution is -2.38. The molecule has 0 spiro atoms. The van der Waals surface area contributed by atoms with Crippen LogP contribution in [0.3, 0.4) is 0 Å². The summed E-state index contributed by atoms with van der Waals surface area (Å²) in [4.78, 5) is 23.7. The van der Waals surface area contributed by atoms with E-state index in [0.717, 1.165) is 45.4 Å². The maximum absolute atomic E-state index is 13.6. The van der Waals surface area contributed by atoms with E-state index < -0.39 is 0 Å². The van der Waals surface area contributed by atoms with Gasteiger partial charge in [0.15, 0.2) is 5.13 Å². The van der Waals surface area contributed by atoms with Crippen LogP contribution in [0.2, 0.25) is 5.02 Å². The second-order valence-electron chi connectivity index (χ2n) is 7.74. The molecule has 7 heteroatoms.